The lowest BCUT2D eigenvalue weighted by molar-refractivity contribution is 0.313. The van der Waals surface area contributed by atoms with Crippen molar-refractivity contribution < 1.29 is 0 Å². The summed E-state index contributed by atoms with van der Waals surface area (Å²) >= 11 is 0. The number of anilines is 2. The Balaban J connectivity index is 1.54. The van der Waals surface area contributed by atoms with Crippen molar-refractivity contribution in [2.45, 2.75) is 0 Å². The van der Waals surface area contributed by atoms with Crippen LogP contribution < -0.4 is 10.6 Å². The zero-order chi connectivity index (χ0) is 17.7. The van der Waals surface area contributed by atoms with E-state index < -0.39 is 0 Å². The van der Waals surface area contributed by atoms with Crippen LogP contribution in [0.2, 0.25) is 0 Å². The summed E-state index contributed by atoms with van der Waals surface area (Å²) in [5, 5.41) is 8.42. The number of aromatic nitrogens is 4. The Morgan fingerprint density at radius 2 is 1.92 bits per heavy atom. The number of nitrogens with one attached hydrogen (secondary N) is 2. The van der Waals surface area contributed by atoms with Crippen LogP contribution in [-0.4, -0.2) is 58.3 Å². The van der Waals surface area contributed by atoms with Crippen molar-refractivity contribution in [1.82, 2.24) is 25.1 Å². The van der Waals surface area contributed by atoms with Crippen LogP contribution >= 0.6 is 0 Å². The SMILES string of the molecule is CN1CCN(c2ccc3nc(-c4n[nH]c5c(N)cccc45)[nH]c3c2)CC1. The third-order valence-corrected chi connectivity index (χ3v) is 5.19. The number of nitrogens with zero attached hydrogens (tertiary/aromatic N) is 4. The number of nitrogen functional groups attached to an aromatic ring is 1. The van der Waals surface area contributed by atoms with Crippen molar-refractivity contribution in [3.8, 4) is 11.5 Å². The first-order valence-corrected chi connectivity index (χ1v) is 8.85. The lowest BCUT2D eigenvalue weighted by atomic mass is 10.2. The van der Waals surface area contributed by atoms with Gasteiger partial charge in [-0.25, -0.2) is 4.98 Å². The molecule has 4 aromatic rings. The van der Waals surface area contributed by atoms with Crippen LogP contribution in [-0.2, 0) is 0 Å². The van der Waals surface area contributed by atoms with Gasteiger partial charge in [0.25, 0.3) is 0 Å². The van der Waals surface area contributed by atoms with Gasteiger partial charge in [-0.15, -0.1) is 0 Å². The number of hydrogen-bond acceptors (Lipinski definition) is 5. The van der Waals surface area contributed by atoms with Crippen molar-refractivity contribution >= 4 is 33.3 Å². The van der Waals surface area contributed by atoms with Crippen LogP contribution in [0.4, 0.5) is 11.4 Å². The Hall–Kier alpha value is -3.06. The van der Waals surface area contributed by atoms with Gasteiger partial charge in [0.05, 0.1) is 22.2 Å². The molecule has 0 spiro atoms. The molecule has 0 bridgehead atoms. The molecule has 3 heterocycles. The van der Waals surface area contributed by atoms with Crippen molar-refractivity contribution in [3.63, 3.8) is 0 Å². The molecule has 1 saturated heterocycles. The zero-order valence-corrected chi connectivity index (χ0v) is 14.7. The predicted octanol–water partition coefficient (Wildman–Crippen LogP) is 2.44. The molecule has 1 aliphatic rings. The fourth-order valence-corrected chi connectivity index (χ4v) is 3.62. The van der Waals surface area contributed by atoms with E-state index in [1.165, 1.54) is 5.69 Å². The maximum Gasteiger partial charge on any atom is 0.159 e. The molecule has 0 aliphatic carbocycles. The Kier molecular flexibility index (Phi) is 3.36. The van der Waals surface area contributed by atoms with Crippen LogP contribution in [0, 0.1) is 0 Å². The smallest absolute Gasteiger partial charge is 0.159 e. The highest BCUT2D eigenvalue weighted by atomic mass is 15.2. The number of hydrogen-bond donors (Lipinski definition) is 3. The number of H-pyrrole nitrogens is 2. The average Bonchev–Trinajstić information content (AvgIpc) is 3.26. The van der Waals surface area contributed by atoms with E-state index in [9.17, 15) is 0 Å². The summed E-state index contributed by atoms with van der Waals surface area (Å²) in [6.45, 7) is 4.28. The first kappa shape index (κ1) is 15.2. The summed E-state index contributed by atoms with van der Waals surface area (Å²) in [6, 6.07) is 12.2. The van der Waals surface area contributed by atoms with Crippen LogP contribution in [0.3, 0.4) is 0 Å². The van der Waals surface area contributed by atoms with Gasteiger partial charge >= 0.3 is 0 Å². The van der Waals surface area contributed by atoms with Gasteiger partial charge in [-0.1, -0.05) is 12.1 Å². The number of piperazine rings is 1. The molecule has 0 amide bonds. The fraction of sp³-hybridized carbons (Fsp3) is 0.263. The van der Waals surface area contributed by atoms with Crippen LogP contribution in [0.5, 0.6) is 0 Å². The largest absolute Gasteiger partial charge is 0.397 e. The lowest BCUT2D eigenvalue weighted by Gasteiger charge is -2.34. The number of rotatable bonds is 2. The first-order chi connectivity index (χ1) is 12.7. The monoisotopic (exact) mass is 347 g/mol. The molecular weight excluding hydrogens is 326 g/mol. The standard InChI is InChI=1S/C19H21N7/c1-25-7-9-26(10-8-25)12-5-6-15-16(11-12)22-19(21-15)18-13-3-2-4-14(20)17(13)23-24-18/h2-6,11H,7-10,20H2,1H3,(H,21,22)(H,23,24). The topological polar surface area (TPSA) is 89.9 Å². The molecular formula is C19H21N7. The fourth-order valence-electron chi connectivity index (χ4n) is 3.62. The maximum absolute atomic E-state index is 6.02. The highest BCUT2D eigenvalue weighted by molar-refractivity contribution is 5.98. The molecule has 2 aromatic carbocycles. The van der Waals surface area contributed by atoms with E-state index >= 15 is 0 Å². The number of benzene rings is 2. The summed E-state index contributed by atoms with van der Waals surface area (Å²) in [7, 11) is 2.17. The predicted molar refractivity (Wildman–Crippen MR) is 105 cm³/mol. The maximum atomic E-state index is 6.02. The van der Waals surface area contributed by atoms with E-state index in [4.69, 9.17) is 10.7 Å². The molecule has 7 nitrogen and oxygen atoms in total. The number of nitrogens with two attached hydrogens (primary N) is 1. The molecule has 4 N–H and O–H groups in total. The van der Waals surface area contributed by atoms with Gasteiger partial charge < -0.3 is 20.5 Å². The molecule has 0 radical (unpaired) electrons. The van der Waals surface area contributed by atoms with Gasteiger partial charge in [-0.2, -0.15) is 5.10 Å². The number of likely N-dealkylation sites (N-methyl/N-ethyl adjacent to an activating group) is 1. The van der Waals surface area contributed by atoms with Gasteiger partial charge in [0.2, 0.25) is 0 Å². The minimum atomic E-state index is 0.690. The summed E-state index contributed by atoms with van der Waals surface area (Å²) in [4.78, 5) is 12.9. The van der Waals surface area contributed by atoms with Gasteiger partial charge in [-0.05, 0) is 31.3 Å². The minimum absolute atomic E-state index is 0.690. The first-order valence-electron chi connectivity index (χ1n) is 8.85. The molecule has 0 atom stereocenters. The molecule has 7 heteroatoms. The quantitative estimate of drug-likeness (QED) is 0.485. The third kappa shape index (κ3) is 2.40. The Morgan fingerprint density at radius 3 is 2.77 bits per heavy atom. The van der Waals surface area contributed by atoms with Crippen molar-refractivity contribution in [1.29, 1.82) is 0 Å². The third-order valence-electron chi connectivity index (χ3n) is 5.19. The second-order valence-electron chi connectivity index (χ2n) is 6.92. The van der Waals surface area contributed by atoms with E-state index in [1.54, 1.807) is 0 Å². The zero-order valence-electron chi connectivity index (χ0n) is 14.7. The molecule has 5 rings (SSSR count). The van der Waals surface area contributed by atoms with Gasteiger partial charge in [0.1, 0.15) is 5.69 Å². The van der Waals surface area contributed by atoms with E-state index in [1.807, 2.05) is 18.2 Å². The molecule has 1 aliphatic heterocycles. The Morgan fingerprint density at radius 1 is 1.08 bits per heavy atom. The highest BCUT2D eigenvalue weighted by Crippen LogP contribution is 2.30. The van der Waals surface area contributed by atoms with E-state index in [0.717, 1.165) is 59.6 Å². The number of fused-ring (bicyclic) bond motifs is 2. The lowest BCUT2D eigenvalue weighted by Crippen LogP contribution is -2.44. The van der Waals surface area contributed by atoms with Crippen molar-refractivity contribution in [2.75, 3.05) is 43.9 Å². The normalized spacial score (nSPS) is 16.0. The second-order valence-corrected chi connectivity index (χ2v) is 6.92. The molecule has 0 unspecified atom stereocenters. The highest BCUT2D eigenvalue weighted by Gasteiger charge is 2.17. The molecule has 0 saturated carbocycles. The van der Waals surface area contributed by atoms with E-state index in [2.05, 4.69) is 50.2 Å². The number of aromatic amines is 2. The molecule has 2 aromatic heterocycles. The average molecular weight is 347 g/mol. The van der Waals surface area contributed by atoms with Gasteiger partial charge in [0.15, 0.2) is 5.82 Å². The van der Waals surface area contributed by atoms with Crippen LogP contribution in [0.1, 0.15) is 0 Å². The van der Waals surface area contributed by atoms with Crippen molar-refractivity contribution in [3.05, 3.63) is 36.4 Å². The molecule has 1 fully saturated rings. The summed E-state index contributed by atoms with van der Waals surface area (Å²) < 4.78 is 0. The second kappa shape index (κ2) is 5.74. The summed E-state index contributed by atoms with van der Waals surface area (Å²) in [6.07, 6.45) is 0. The van der Waals surface area contributed by atoms with Crippen LogP contribution in [0.15, 0.2) is 36.4 Å². The number of para-hydroxylation sites is 1. The van der Waals surface area contributed by atoms with Crippen molar-refractivity contribution in [2.24, 2.45) is 0 Å². The number of imidazole rings is 1. The minimum Gasteiger partial charge on any atom is -0.397 e. The van der Waals surface area contributed by atoms with Gasteiger partial charge in [0, 0.05) is 37.3 Å². The van der Waals surface area contributed by atoms with E-state index in [0.29, 0.717) is 5.69 Å². The summed E-state index contributed by atoms with van der Waals surface area (Å²) in [5.74, 6) is 0.757. The van der Waals surface area contributed by atoms with Crippen LogP contribution in [0.25, 0.3) is 33.5 Å². The van der Waals surface area contributed by atoms with Gasteiger partial charge in [-0.3, -0.25) is 5.10 Å². The molecule has 132 valence electrons. The molecule has 26 heavy (non-hydrogen) atoms. The Labute approximate surface area is 150 Å². The Bertz CT molecular complexity index is 1090. The van der Waals surface area contributed by atoms with E-state index in [-0.39, 0.29) is 0 Å². The summed E-state index contributed by atoms with van der Waals surface area (Å²) in [5.41, 5.74) is 11.6.